The molecule has 0 aromatic carbocycles. The van der Waals surface area contributed by atoms with Gasteiger partial charge in [0.05, 0.1) is 6.61 Å². The van der Waals surface area contributed by atoms with Crippen LogP contribution >= 0.6 is 11.8 Å². The van der Waals surface area contributed by atoms with Crippen molar-refractivity contribution in [3.8, 4) is 0 Å². The van der Waals surface area contributed by atoms with Crippen molar-refractivity contribution in [3.63, 3.8) is 0 Å². The normalized spacial score (nSPS) is 12.6. The van der Waals surface area contributed by atoms with Crippen molar-refractivity contribution in [2.45, 2.75) is 19.4 Å². The molecule has 0 aromatic heterocycles. The lowest BCUT2D eigenvalue weighted by atomic mass is 10.3. The van der Waals surface area contributed by atoms with E-state index in [9.17, 15) is 4.79 Å². The van der Waals surface area contributed by atoms with E-state index in [-0.39, 0.29) is 18.6 Å². The molecule has 3 nitrogen and oxygen atoms in total. The molecule has 0 radical (unpaired) electrons. The highest BCUT2D eigenvalue weighted by molar-refractivity contribution is 7.98. The Hall–Kier alpha value is -0.220. The molecule has 0 unspecified atom stereocenters. The lowest BCUT2D eigenvalue weighted by Gasteiger charge is -2.09. The summed E-state index contributed by atoms with van der Waals surface area (Å²) in [5.41, 5.74) is 0. The van der Waals surface area contributed by atoms with E-state index in [0.29, 0.717) is 6.42 Å². The predicted molar refractivity (Wildman–Crippen MR) is 47.7 cm³/mol. The smallest absolute Gasteiger partial charge is 0.221 e. The predicted octanol–water partition coefficient (Wildman–Crippen LogP) is 0.236. The molecule has 66 valence electrons. The third-order valence-electron chi connectivity index (χ3n) is 1.21. The highest BCUT2D eigenvalue weighted by Crippen LogP contribution is 1.95. The van der Waals surface area contributed by atoms with Gasteiger partial charge < -0.3 is 10.4 Å². The molecule has 1 amide bonds. The van der Waals surface area contributed by atoms with E-state index in [1.165, 1.54) is 0 Å². The van der Waals surface area contributed by atoms with Gasteiger partial charge in [-0.2, -0.15) is 11.8 Å². The number of aliphatic hydroxyl groups excluding tert-OH is 1. The maximum atomic E-state index is 10.9. The summed E-state index contributed by atoms with van der Waals surface area (Å²) in [6, 6.07) is -0.121. The second-order valence-corrected chi connectivity index (χ2v) is 3.38. The minimum absolute atomic E-state index is 0.00497. The van der Waals surface area contributed by atoms with Crippen LogP contribution in [-0.2, 0) is 4.79 Å². The molecule has 0 spiro atoms. The topological polar surface area (TPSA) is 49.3 Å². The first kappa shape index (κ1) is 10.8. The van der Waals surface area contributed by atoms with Crippen molar-refractivity contribution >= 4 is 17.7 Å². The largest absolute Gasteiger partial charge is 0.394 e. The number of carbonyl (C=O) groups excluding carboxylic acids is 1. The van der Waals surface area contributed by atoms with Crippen molar-refractivity contribution < 1.29 is 9.90 Å². The molecule has 1 atom stereocenters. The fourth-order valence-electron chi connectivity index (χ4n) is 0.587. The van der Waals surface area contributed by atoms with Crippen LogP contribution in [-0.4, -0.2) is 35.7 Å². The van der Waals surface area contributed by atoms with Crippen LogP contribution in [0.1, 0.15) is 13.3 Å². The van der Waals surface area contributed by atoms with Gasteiger partial charge in [0, 0.05) is 18.2 Å². The number of nitrogens with one attached hydrogen (secondary N) is 1. The van der Waals surface area contributed by atoms with Gasteiger partial charge in [-0.3, -0.25) is 4.79 Å². The number of rotatable bonds is 5. The Labute approximate surface area is 71.6 Å². The summed E-state index contributed by atoms with van der Waals surface area (Å²) in [7, 11) is 0. The van der Waals surface area contributed by atoms with Gasteiger partial charge in [0.2, 0.25) is 5.91 Å². The summed E-state index contributed by atoms with van der Waals surface area (Å²) >= 11 is 1.64. The third kappa shape index (κ3) is 6.19. The van der Waals surface area contributed by atoms with Crippen LogP contribution in [0.25, 0.3) is 0 Å². The molecule has 0 saturated heterocycles. The SMILES string of the molecule is CSCCC(=O)N[C@H](C)CO. The summed E-state index contributed by atoms with van der Waals surface area (Å²) in [5, 5.41) is 11.3. The van der Waals surface area contributed by atoms with Gasteiger partial charge in [-0.15, -0.1) is 0 Å². The van der Waals surface area contributed by atoms with Crippen LogP contribution in [0, 0.1) is 0 Å². The van der Waals surface area contributed by atoms with Gasteiger partial charge in [-0.05, 0) is 13.2 Å². The van der Waals surface area contributed by atoms with Gasteiger partial charge in [0.1, 0.15) is 0 Å². The first-order valence-electron chi connectivity index (χ1n) is 3.60. The molecule has 0 aliphatic rings. The molecule has 0 heterocycles. The number of thioether (sulfide) groups is 1. The first-order valence-corrected chi connectivity index (χ1v) is 4.99. The van der Waals surface area contributed by atoms with E-state index in [0.717, 1.165) is 5.75 Å². The molecule has 0 bridgehead atoms. The fraction of sp³-hybridized carbons (Fsp3) is 0.857. The van der Waals surface area contributed by atoms with Crippen LogP contribution in [0.2, 0.25) is 0 Å². The molecule has 0 fully saturated rings. The van der Waals surface area contributed by atoms with Gasteiger partial charge in [-0.25, -0.2) is 0 Å². The van der Waals surface area contributed by atoms with Crippen molar-refractivity contribution in [2.24, 2.45) is 0 Å². The number of carbonyl (C=O) groups is 1. The molecule has 4 heteroatoms. The van der Waals surface area contributed by atoms with Crippen molar-refractivity contribution in [3.05, 3.63) is 0 Å². The van der Waals surface area contributed by atoms with E-state index >= 15 is 0 Å². The highest BCUT2D eigenvalue weighted by atomic mass is 32.2. The summed E-state index contributed by atoms with van der Waals surface area (Å²) < 4.78 is 0. The Morgan fingerprint density at radius 2 is 2.36 bits per heavy atom. The number of amides is 1. The number of hydrogen-bond acceptors (Lipinski definition) is 3. The average molecular weight is 177 g/mol. The van der Waals surface area contributed by atoms with Crippen LogP contribution in [0.5, 0.6) is 0 Å². The van der Waals surface area contributed by atoms with E-state index in [1.807, 2.05) is 6.26 Å². The molecule has 0 aliphatic carbocycles. The summed E-state index contributed by atoms with van der Waals surface area (Å²) in [6.07, 6.45) is 2.49. The zero-order valence-corrected chi connectivity index (χ0v) is 7.78. The first-order chi connectivity index (χ1) is 5.20. The molecule has 0 rings (SSSR count). The van der Waals surface area contributed by atoms with Gasteiger partial charge in [0.15, 0.2) is 0 Å². The molecule has 11 heavy (non-hydrogen) atoms. The lowest BCUT2D eigenvalue weighted by molar-refractivity contribution is -0.121. The maximum absolute atomic E-state index is 10.9. The summed E-state index contributed by atoms with van der Waals surface area (Å²) in [5.74, 6) is 0.852. The van der Waals surface area contributed by atoms with Crippen molar-refractivity contribution in [1.29, 1.82) is 0 Å². The minimum Gasteiger partial charge on any atom is -0.394 e. The van der Waals surface area contributed by atoms with Crippen molar-refractivity contribution in [2.75, 3.05) is 18.6 Å². The minimum atomic E-state index is -0.121. The second kappa shape index (κ2) is 6.49. The van der Waals surface area contributed by atoms with Gasteiger partial charge >= 0.3 is 0 Å². The standard InChI is InChI=1S/C7H15NO2S/c1-6(5-9)8-7(10)3-4-11-2/h6,9H,3-5H2,1-2H3,(H,8,10)/t6-/m1/s1. The molecular weight excluding hydrogens is 162 g/mol. The van der Waals surface area contributed by atoms with E-state index in [1.54, 1.807) is 18.7 Å². The van der Waals surface area contributed by atoms with E-state index < -0.39 is 0 Å². The quantitative estimate of drug-likeness (QED) is 0.632. The second-order valence-electron chi connectivity index (χ2n) is 2.39. The molecule has 0 aliphatic heterocycles. The van der Waals surface area contributed by atoms with Crippen molar-refractivity contribution in [1.82, 2.24) is 5.32 Å². The zero-order valence-electron chi connectivity index (χ0n) is 6.96. The summed E-state index contributed by atoms with van der Waals surface area (Å²) in [4.78, 5) is 10.9. The molecule has 0 saturated carbocycles. The van der Waals surface area contributed by atoms with Crippen LogP contribution < -0.4 is 5.32 Å². The van der Waals surface area contributed by atoms with Gasteiger partial charge in [0.25, 0.3) is 0 Å². The Morgan fingerprint density at radius 3 is 2.82 bits per heavy atom. The molecule has 0 aromatic rings. The monoisotopic (exact) mass is 177 g/mol. The third-order valence-corrected chi connectivity index (χ3v) is 1.83. The molecular formula is C7H15NO2S. The molecule has 2 N–H and O–H groups in total. The Morgan fingerprint density at radius 1 is 1.73 bits per heavy atom. The van der Waals surface area contributed by atoms with Crippen LogP contribution in [0.15, 0.2) is 0 Å². The highest BCUT2D eigenvalue weighted by Gasteiger charge is 2.04. The van der Waals surface area contributed by atoms with Crippen LogP contribution in [0.3, 0.4) is 0 Å². The Balaban J connectivity index is 3.36. The fourth-order valence-corrected chi connectivity index (χ4v) is 0.977. The average Bonchev–Trinajstić information content (AvgIpc) is 2.00. The Bertz CT molecular complexity index is 119. The van der Waals surface area contributed by atoms with Crippen LogP contribution in [0.4, 0.5) is 0 Å². The Kier molecular flexibility index (Phi) is 6.36. The lowest BCUT2D eigenvalue weighted by Crippen LogP contribution is -2.35. The van der Waals surface area contributed by atoms with E-state index in [4.69, 9.17) is 5.11 Å². The summed E-state index contributed by atoms with van der Waals surface area (Å²) in [6.45, 7) is 1.78. The number of hydrogen-bond donors (Lipinski definition) is 2. The van der Waals surface area contributed by atoms with E-state index in [2.05, 4.69) is 5.32 Å². The maximum Gasteiger partial charge on any atom is 0.221 e. The zero-order chi connectivity index (χ0) is 8.69. The van der Waals surface area contributed by atoms with Gasteiger partial charge in [-0.1, -0.05) is 0 Å². The number of aliphatic hydroxyl groups is 1.